The van der Waals surface area contributed by atoms with Crippen molar-refractivity contribution in [1.82, 2.24) is 5.32 Å². The smallest absolute Gasteiger partial charge is 0.311 e. The zero-order valence-corrected chi connectivity index (χ0v) is 13.0. The number of piperidine rings is 1. The minimum Gasteiger partial charge on any atom is -0.464 e. The average Bonchev–Trinajstić information content (AvgIpc) is 2.45. The quantitative estimate of drug-likeness (QED) is 0.871. The Kier molecular flexibility index (Phi) is 4.67. The summed E-state index contributed by atoms with van der Waals surface area (Å²) < 4.78 is 18.7. The van der Waals surface area contributed by atoms with Crippen LogP contribution >= 0.6 is 0 Å². The third-order valence-corrected chi connectivity index (χ3v) is 4.11. The Labute approximate surface area is 125 Å². The Morgan fingerprint density at radius 2 is 1.81 bits per heavy atom. The second-order valence-electron chi connectivity index (χ2n) is 6.86. The van der Waals surface area contributed by atoms with Gasteiger partial charge in [-0.1, -0.05) is 12.1 Å². The maximum atomic E-state index is 13.2. The van der Waals surface area contributed by atoms with E-state index < -0.39 is 5.41 Å². The number of halogens is 1. The lowest BCUT2D eigenvalue weighted by molar-refractivity contribution is -0.155. The summed E-state index contributed by atoms with van der Waals surface area (Å²) in [5, 5.41) is 3.32. The molecule has 1 aromatic carbocycles. The van der Waals surface area contributed by atoms with E-state index in [0.717, 1.165) is 31.5 Å². The molecule has 0 aliphatic carbocycles. The van der Waals surface area contributed by atoms with Crippen molar-refractivity contribution in [3.05, 3.63) is 35.6 Å². The van der Waals surface area contributed by atoms with Gasteiger partial charge >= 0.3 is 5.97 Å². The molecule has 1 aliphatic rings. The zero-order valence-electron chi connectivity index (χ0n) is 13.0. The Balaban J connectivity index is 2.17. The van der Waals surface area contributed by atoms with Crippen molar-refractivity contribution in [1.29, 1.82) is 0 Å². The maximum absolute atomic E-state index is 13.2. The van der Waals surface area contributed by atoms with Crippen molar-refractivity contribution in [2.45, 2.75) is 39.0 Å². The number of carbonyl (C=O) groups is 1. The molecule has 1 N–H and O–H groups in total. The highest BCUT2D eigenvalue weighted by atomic mass is 19.1. The fourth-order valence-electron chi connectivity index (χ4n) is 2.65. The van der Waals surface area contributed by atoms with Crippen LogP contribution in [-0.4, -0.2) is 25.7 Å². The van der Waals surface area contributed by atoms with Gasteiger partial charge in [-0.25, -0.2) is 4.39 Å². The highest BCUT2D eigenvalue weighted by Gasteiger charge is 2.36. The van der Waals surface area contributed by atoms with Gasteiger partial charge in [0.05, 0.1) is 5.41 Å². The van der Waals surface area contributed by atoms with Crippen LogP contribution in [-0.2, 0) is 14.9 Å². The highest BCUT2D eigenvalue weighted by Crippen LogP contribution is 2.34. The molecule has 0 amide bonds. The van der Waals surface area contributed by atoms with E-state index in [9.17, 15) is 9.18 Å². The van der Waals surface area contributed by atoms with Crippen LogP contribution in [0.15, 0.2) is 24.3 Å². The first-order chi connectivity index (χ1) is 9.83. The molecule has 0 radical (unpaired) electrons. The van der Waals surface area contributed by atoms with Crippen molar-refractivity contribution in [2.75, 3.05) is 19.7 Å². The van der Waals surface area contributed by atoms with Crippen LogP contribution in [0.2, 0.25) is 0 Å². The molecular formula is C17H24FNO2. The van der Waals surface area contributed by atoms with Crippen LogP contribution in [0.3, 0.4) is 0 Å². The summed E-state index contributed by atoms with van der Waals surface area (Å²) >= 11 is 0. The zero-order chi connectivity index (χ0) is 15.5. The Bertz CT molecular complexity index is 485. The van der Waals surface area contributed by atoms with Gasteiger partial charge in [0.25, 0.3) is 0 Å². The van der Waals surface area contributed by atoms with Crippen LogP contribution in [0.25, 0.3) is 0 Å². The number of hydrogen-bond acceptors (Lipinski definition) is 3. The first-order valence-corrected chi connectivity index (χ1v) is 7.48. The van der Waals surface area contributed by atoms with Crippen molar-refractivity contribution >= 4 is 5.97 Å². The molecule has 0 saturated carbocycles. The first kappa shape index (κ1) is 16.0. The molecule has 3 nitrogen and oxygen atoms in total. The first-order valence-electron chi connectivity index (χ1n) is 7.48. The van der Waals surface area contributed by atoms with Gasteiger partial charge in [0.1, 0.15) is 12.4 Å². The maximum Gasteiger partial charge on any atom is 0.311 e. The lowest BCUT2D eigenvalue weighted by Crippen LogP contribution is -2.44. The number of benzene rings is 1. The van der Waals surface area contributed by atoms with Gasteiger partial charge in [-0.3, -0.25) is 4.79 Å². The Morgan fingerprint density at radius 3 is 2.33 bits per heavy atom. The van der Waals surface area contributed by atoms with E-state index in [2.05, 4.69) is 5.32 Å². The van der Waals surface area contributed by atoms with Crippen molar-refractivity contribution < 1.29 is 13.9 Å². The minimum atomic E-state index is -0.503. The summed E-state index contributed by atoms with van der Waals surface area (Å²) in [6.07, 6.45) is 1.77. The van der Waals surface area contributed by atoms with Gasteiger partial charge in [-0.15, -0.1) is 0 Å². The van der Waals surface area contributed by atoms with E-state index in [0.29, 0.717) is 6.61 Å². The lowest BCUT2D eigenvalue weighted by Gasteiger charge is -2.38. The predicted octanol–water partition coefficient (Wildman–Crippen LogP) is 3.04. The van der Waals surface area contributed by atoms with Crippen molar-refractivity contribution in [3.63, 3.8) is 0 Å². The third-order valence-electron chi connectivity index (χ3n) is 4.11. The summed E-state index contributed by atoms with van der Waals surface area (Å²) in [7, 11) is 0. The second kappa shape index (κ2) is 6.14. The molecule has 2 rings (SSSR count). The van der Waals surface area contributed by atoms with E-state index in [-0.39, 0.29) is 17.2 Å². The summed E-state index contributed by atoms with van der Waals surface area (Å²) in [5.41, 5.74) is 0.337. The molecule has 116 valence electrons. The number of hydrogen-bond donors (Lipinski definition) is 1. The summed E-state index contributed by atoms with van der Waals surface area (Å²) in [5.74, 6) is -0.433. The van der Waals surface area contributed by atoms with Crippen molar-refractivity contribution in [2.24, 2.45) is 5.41 Å². The average molecular weight is 293 g/mol. The van der Waals surface area contributed by atoms with E-state index in [1.165, 1.54) is 12.1 Å². The normalized spacial score (nSPS) is 18.3. The number of ether oxygens (including phenoxy) is 1. The van der Waals surface area contributed by atoms with Crippen LogP contribution in [0, 0.1) is 11.2 Å². The van der Waals surface area contributed by atoms with Crippen molar-refractivity contribution in [3.8, 4) is 0 Å². The standard InChI is InChI=1S/C17H24FNO2/c1-16(2,3)15(20)21-12-17(8-10-19-11-9-17)13-4-6-14(18)7-5-13/h4-7,19H,8-12H2,1-3H3. The van der Waals surface area contributed by atoms with Crippen LogP contribution < -0.4 is 5.32 Å². The molecule has 21 heavy (non-hydrogen) atoms. The molecule has 1 saturated heterocycles. The predicted molar refractivity (Wildman–Crippen MR) is 80.6 cm³/mol. The van der Waals surface area contributed by atoms with E-state index in [1.807, 2.05) is 32.9 Å². The van der Waals surface area contributed by atoms with E-state index >= 15 is 0 Å². The largest absolute Gasteiger partial charge is 0.464 e. The van der Waals surface area contributed by atoms with Gasteiger partial charge in [-0.2, -0.15) is 0 Å². The molecule has 0 aromatic heterocycles. The molecule has 1 fully saturated rings. The van der Waals surface area contributed by atoms with Gasteiger partial charge < -0.3 is 10.1 Å². The van der Waals surface area contributed by atoms with E-state index in [1.54, 1.807) is 0 Å². The van der Waals surface area contributed by atoms with Gasteiger partial charge in [0, 0.05) is 5.41 Å². The number of esters is 1. The van der Waals surface area contributed by atoms with Gasteiger partial charge in [-0.05, 0) is 64.4 Å². The Morgan fingerprint density at radius 1 is 1.24 bits per heavy atom. The molecular weight excluding hydrogens is 269 g/mol. The summed E-state index contributed by atoms with van der Waals surface area (Å²) in [4.78, 5) is 12.0. The molecule has 0 bridgehead atoms. The molecule has 0 spiro atoms. The molecule has 1 aliphatic heterocycles. The highest BCUT2D eigenvalue weighted by molar-refractivity contribution is 5.75. The SMILES string of the molecule is CC(C)(C)C(=O)OCC1(c2ccc(F)cc2)CCNCC1. The molecule has 1 heterocycles. The number of carbonyl (C=O) groups excluding carboxylic acids is 1. The fourth-order valence-corrected chi connectivity index (χ4v) is 2.65. The number of rotatable bonds is 3. The van der Waals surface area contributed by atoms with Crippen LogP contribution in [0.4, 0.5) is 4.39 Å². The fraction of sp³-hybridized carbons (Fsp3) is 0.588. The minimum absolute atomic E-state index is 0.192. The topological polar surface area (TPSA) is 38.3 Å². The van der Waals surface area contributed by atoms with E-state index in [4.69, 9.17) is 4.74 Å². The summed E-state index contributed by atoms with van der Waals surface area (Å²) in [6, 6.07) is 6.58. The molecule has 0 unspecified atom stereocenters. The van der Waals surface area contributed by atoms with Gasteiger partial charge in [0.15, 0.2) is 0 Å². The molecule has 0 atom stereocenters. The Hall–Kier alpha value is -1.42. The lowest BCUT2D eigenvalue weighted by atomic mass is 9.74. The second-order valence-corrected chi connectivity index (χ2v) is 6.86. The monoisotopic (exact) mass is 293 g/mol. The number of nitrogens with one attached hydrogen (secondary N) is 1. The molecule has 4 heteroatoms. The third kappa shape index (κ3) is 3.82. The van der Waals surface area contributed by atoms with Crippen LogP contribution in [0.5, 0.6) is 0 Å². The summed E-state index contributed by atoms with van der Waals surface area (Å²) in [6.45, 7) is 7.66. The van der Waals surface area contributed by atoms with Crippen LogP contribution in [0.1, 0.15) is 39.2 Å². The molecule has 1 aromatic rings. The van der Waals surface area contributed by atoms with Gasteiger partial charge in [0.2, 0.25) is 0 Å².